The van der Waals surface area contributed by atoms with Gasteiger partial charge >= 0.3 is 0 Å². The number of rotatable bonds is 4. The Balaban J connectivity index is 2.29. The summed E-state index contributed by atoms with van der Waals surface area (Å²) in [6.45, 7) is 3.16. The Kier molecular flexibility index (Phi) is 3.99. The molecule has 0 aromatic heterocycles. The number of hydrogen-bond acceptors (Lipinski definition) is 3. The zero-order valence-corrected chi connectivity index (χ0v) is 10.9. The zero-order chi connectivity index (χ0) is 13.1. The van der Waals surface area contributed by atoms with E-state index in [4.69, 9.17) is 11.5 Å². The van der Waals surface area contributed by atoms with Gasteiger partial charge in [-0.25, -0.2) is 0 Å². The highest BCUT2D eigenvalue weighted by Gasteiger charge is 2.24. The molecular formula is C14H21N3O. The van der Waals surface area contributed by atoms with Crippen molar-refractivity contribution in [2.45, 2.75) is 32.2 Å². The Morgan fingerprint density at radius 3 is 2.83 bits per heavy atom. The van der Waals surface area contributed by atoms with Crippen molar-refractivity contribution in [2.75, 3.05) is 18.0 Å². The van der Waals surface area contributed by atoms with Crippen molar-refractivity contribution in [1.82, 2.24) is 0 Å². The minimum atomic E-state index is -0.0105. The van der Waals surface area contributed by atoms with Crippen molar-refractivity contribution in [2.24, 2.45) is 11.5 Å². The lowest BCUT2D eigenvalue weighted by Crippen LogP contribution is -2.42. The number of anilines is 1. The van der Waals surface area contributed by atoms with Crippen LogP contribution in [-0.4, -0.2) is 25.0 Å². The van der Waals surface area contributed by atoms with Gasteiger partial charge in [0.05, 0.1) is 0 Å². The summed E-state index contributed by atoms with van der Waals surface area (Å²) in [6.07, 6.45) is 2.28. The first kappa shape index (κ1) is 13.1. The molecular weight excluding hydrogens is 226 g/mol. The first-order valence-electron chi connectivity index (χ1n) is 6.49. The van der Waals surface area contributed by atoms with Gasteiger partial charge in [-0.15, -0.1) is 0 Å². The van der Waals surface area contributed by atoms with E-state index in [0.29, 0.717) is 19.5 Å². The van der Waals surface area contributed by atoms with Gasteiger partial charge in [0.2, 0.25) is 5.91 Å². The minimum Gasteiger partial charge on any atom is -0.330 e. The number of amides is 1. The first-order chi connectivity index (χ1) is 8.61. The van der Waals surface area contributed by atoms with Gasteiger partial charge in [-0.1, -0.05) is 12.1 Å². The fourth-order valence-corrected chi connectivity index (χ4v) is 2.42. The quantitative estimate of drug-likeness (QED) is 0.827. The molecule has 0 fully saturated rings. The Labute approximate surface area is 108 Å². The van der Waals surface area contributed by atoms with Crippen LogP contribution in [0.25, 0.3) is 0 Å². The van der Waals surface area contributed by atoms with Crippen molar-refractivity contribution >= 4 is 11.6 Å². The van der Waals surface area contributed by atoms with E-state index in [1.165, 1.54) is 11.1 Å². The number of nitrogens with zero attached hydrogens (tertiary/aromatic N) is 1. The second-order valence-corrected chi connectivity index (χ2v) is 4.98. The molecule has 18 heavy (non-hydrogen) atoms. The summed E-state index contributed by atoms with van der Waals surface area (Å²) >= 11 is 0. The highest BCUT2D eigenvalue weighted by Crippen LogP contribution is 2.28. The summed E-state index contributed by atoms with van der Waals surface area (Å²) < 4.78 is 0. The van der Waals surface area contributed by atoms with Gasteiger partial charge in [0.25, 0.3) is 0 Å². The van der Waals surface area contributed by atoms with E-state index < -0.39 is 0 Å². The summed E-state index contributed by atoms with van der Waals surface area (Å²) in [4.78, 5) is 13.8. The van der Waals surface area contributed by atoms with Crippen LogP contribution in [0.3, 0.4) is 0 Å². The van der Waals surface area contributed by atoms with Gasteiger partial charge in [-0.2, -0.15) is 0 Å². The molecule has 0 saturated carbocycles. The molecule has 1 aromatic carbocycles. The number of carbonyl (C=O) groups is 1. The van der Waals surface area contributed by atoms with E-state index in [-0.39, 0.29) is 11.9 Å². The molecule has 1 unspecified atom stereocenters. The maximum Gasteiger partial charge on any atom is 0.227 e. The van der Waals surface area contributed by atoms with Gasteiger partial charge in [0.15, 0.2) is 0 Å². The highest BCUT2D eigenvalue weighted by molar-refractivity contribution is 5.96. The Morgan fingerprint density at radius 2 is 2.17 bits per heavy atom. The lowest BCUT2D eigenvalue weighted by Gasteiger charge is -2.31. The van der Waals surface area contributed by atoms with Gasteiger partial charge in [0, 0.05) is 24.7 Å². The van der Waals surface area contributed by atoms with Crippen LogP contribution in [0.1, 0.15) is 24.5 Å². The molecule has 1 heterocycles. The second kappa shape index (κ2) is 5.50. The van der Waals surface area contributed by atoms with E-state index in [9.17, 15) is 4.79 Å². The van der Waals surface area contributed by atoms with Crippen molar-refractivity contribution in [1.29, 1.82) is 0 Å². The van der Waals surface area contributed by atoms with Gasteiger partial charge in [-0.3, -0.25) is 4.79 Å². The maximum atomic E-state index is 12.0. The van der Waals surface area contributed by atoms with Crippen LogP contribution in [0.5, 0.6) is 0 Å². The SMILES string of the molecule is CC(N)CN1C(=O)CCc2cc(CCN)ccc21. The Bertz CT molecular complexity index is 443. The normalized spacial score (nSPS) is 16.6. The van der Waals surface area contributed by atoms with E-state index in [1.807, 2.05) is 17.9 Å². The molecule has 98 valence electrons. The average Bonchev–Trinajstić information content (AvgIpc) is 2.33. The number of fused-ring (bicyclic) bond motifs is 1. The number of benzene rings is 1. The van der Waals surface area contributed by atoms with Crippen LogP contribution < -0.4 is 16.4 Å². The van der Waals surface area contributed by atoms with Crippen molar-refractivity contribution in [3.8, 4) is 0 Å². The smallest absolute Gasteiger partial charge is 0.227 e. The highest BCUT2D eigenvalue weighted by atomic mass is 16.2. The first-order valence-corrected chi connectivity index (χ1v) is 6.49. The molecule has 1 aromatic rings. The molecule has 1 aliphatic heterocycles. The zero-order valence-electron chi connectivity index (χ0n) is 10.9. The number of aryl methyl sites for hydroxylation is 1. The fraction of sp³-hybridized carbons (Fsp3) is 0.500. The van der Waals surface area contributed by atoms with Crippen molar-refractivity contribution < 1.29 is 4.79 Å². The van der Waals surface area contributed by atoms with E-state index in [0.717, 1.165) is 18.5 Å². The predicted octanol–water partition coefficient (Wildman–Crippen LogP) is 0.814. The molecule has 1 aliphatic rings. The van der Waals surface area contributed by atoms with Crippen molar-refractivity contribution in [3.63, 3.8) is 0 Å². The van der Waals surface area contributed by atoms with Crippen LogP contribution in [0.4, 0.5) is 5.69 Å². The minimum absolute atomic E-state index is 0.0105. The van der Waals surface area contributed by atoms with Crippen molar-refractivity contribution in [3.05, 3.63) is 29.3 Å². The lowest BCUT2D eigenvalue weighted by atomic mass is 9.97. The molecule has 0 spiro atoms. The second-order valence-electron chi connectivity index (χ2n) is 4.98. The van der Waals surface area contributed by atoms with E-state index in [1.54, 1.807) is 0 Å². The largest absolute Gasteiger partial charge is 0.330 e. The Hall–Kier alpha value is -1.39. The molecule has 4 N–H and O–H groups in total. The van der Waals surface area contributed by atoms with Crippen LogP contribution in [-0.2, 0) is 17.6 Å². The molecule has 4 heteroatoms. The standard InChI is InChI=1S/C14H21N3O/c1-10(16)9-17-13-4-2-11(6-7-15)8-12(13)3-5-14(17)18/h2,4,8,10H,3,5-7,9,15-16H2,1H3. The summed E-state index contributed by atoms with van der Waals surface area (Å²) in [5.41, 5.74) is 14.9. The molecule has 1 amide bonds. The van der Waals surface area contributed by atoms with Crippen LogP contribution >= 0.6 is 0 Å². The molecule has 0 aliphatic carbocycles. The summed E-state index contributed by atoms with van der Waals surface area (Å²) in [6, 6.07) is 6.24. The molecule has 4 nitrogen and oxygen atoms in total. The fourth-order valence-electron chi connectivity index (χ4n) is 2.42. The molecule has 0 radical (unpaired) electrons. The molecule has 1 atom stereocenters. The summed E-state index contributed by atoms with van der Waals surface area (Å²) in [5, 5.41) is 0. The molecule has 0 saturated heterocycles. The number of nitrogens with two attached hydrogens (primary N) is 2. The summed E-state index contributed by atoms with van der Waals surface area (Å²) in [5.74, 6) is 0.173. The predicted molar refractivity (Wildman–Crippen MR) is 73.5 cm³/mol. The maximum absolute atomic E-state index is 12.0. The van der Waals surface area contributed by atoms with Gasteiger partial charge in [-0.05, 0) is 43.5 Å². The summed E-state index contributed by atoms with van der Waals surface area (Å²) in [7, 11) is 0. The number of carbonyl (C=O) groups excluding carboxylic acids is 1. The topological polar surface area (TPSA) is 72.3 Å². The Morgan fingerprint density at radius 1 is 1.39 bits per heavy atom. The molecule has 0 bridgehead atoms. The molecule has 2 rings (SSSR count). The monoisotopic (exact) mass is 247 g/mol. The van der Waals surface area contributed by atoms with E-state index in [2.05, 4.69) is 12.1 Å². The van der Waals surface area contributed by atoms with Crippen LogP contribution in [0.2, 0.25) is 0 Å². The third-order valence-electron chi connectivity index (χ3n) is 3.25. The number of hydrogen-bond donors (Lipinski definition) is 2. The van der Waals surface area contributed by atoms with Gasteiger partial charge < -0.3 is 16.4 Å². The lowest BCUT2D eigenvalue weighted by molar-refractivity contribution is -0.118. The third-order valence-corrected chi connectivity index (χ3v) is 3.25. The van der Waals surface area contributed by atoms with Crippen LogP contribution in [0.15, 0.2) is 18.2 Å². The third kappa shape index (κ3) is 2.71. The van der Waals surface area contributed by atoms with Gasteiger partial charge in [0.1, 0.15) is 0 Å². The van der Waals surface area contributed by atoms with E-state index >= 15 is 0 Å². The van der Waals surface area contributed by atoms with Crippen LogP contribution in [0, 0.1) is 0 Å². The average molecular weight is 247 g/mol.